The number of rotatable bonds is 4. The summed E-state index contributed by atoms with van der Waals surface area (Å²) < 4.78 is 0. The highest BCUT2D eigenvalue weighted by Gasteiger charge is 2.30. The number of phenolic OH excluding ortho intramolecular Hbond substituents is 1. The summed E-state index contributed by atoms with van der Waals surface area (Å²) in [6.45, 7) is 0. The topological polar surface area (TPSA) is 118 Å². The molecular weight excluding hydrogens is 274 g/mol. The standard InChI is InChI=1S/C14H19N3O4/c15-14(6-2-1-3-7-14)9-13(19)16-11-8-10(17(20)21)4-5-12(11)18/h4-5,8,18H,1-3,6-7,9,15H2,(H,16,19). The molecule has 0 spiro atoms. The first-order valence-electron chi connectivity index (χ1n) is 6.96. The summed E-state index contributed by atoms with van der Waals surface area (Å²) in [7, 11) is 0. The average molecular weight is 293 g/mol. The predicted molar refractivity (Wildman–Crippen MR) is 78.0 cm³/mol. The fourth-order valence-electron chi connectivity index (χ4n) is 2.68. The van der Waals surface area contributed by atoms with Gasteiger partial charge in [-0.05, 0) is 18.9 Å². The lowest BCUT2D eigenvalue weighted by Gasteiger charge is -2.32. The predicted octanol–water partition coefficient (Wildman–Crippen LogP) is 2.29. The summed E-state index contributed by atoms with van der Waals surface area (Å²) >= 11 is 0. The van der Waals surface area contributed by atoms with Crippen LogP contribution in [-0.2, 0) is 4.79 Å². The molecule has 0 atom stereocenters. The molecule has 0 aromatic heterocycles. The molecule has 7 heteroatoms. The first kappa shape index (κ1) is 15.2. The van der Waals surface area contributed by atoms with E-state index in [1.54, 1.807) is 0 Å². The first-order chi connectivity index (χ1) is 9.89. The van der Waals surface area contributed by atoms with Crippen molar-refractivity contribution in [1.82, 2.24) is 0 Å². The lowest BCUT2D eigenvalue weighted by molar-refractivity contribution is -0.384. The molecule has 0 aliphatic heterocycles. The highest BCUT2D eigenvalue weighted by atomic mass is 16.6. The van der Waals surface area contributed by atoms with Gasteiger partial charge in [0.15, 0.2) is 0 Å². The smallest absolute Gasteiger partial charge is 0.271 e. The second kappa shape index (κ2) is 6.09. The largest absolute Gasteiger partial charge is 0.506 e. The van der Waals surface area contributed by atoms with Gasteiger partial charge >= 0.3 is 0 Å². The third-order valence-electron chi connectivity index (χ3n) is 3.83. The van der Waals surface area contributed by atoms with E-state index in [1.807, 2.05) is 0 Å². The molecule has 1 aromatic carbocycles. The van der Waals surface area contributed by atoms with Crippen LogP contribution < -0.4 is 11.1 Å². The second-order valence-corrected chi connectivity index (χ2v) is 5.61. The van der Waals surface area contributed by atoms with Crippen molar-refractivity contribution in [3.63, 3.8) is 0 Å². The molecule has 0 heterocycles. The van der Waals surface area contributed by atoms with E-state index in [4.69, 9.17) is 5.73 Å². The van der Waals surface area contributed by atoms with Crippen molar-refractivity contribution >= 4 is 17.3 Å². The molecule has 0 saturated heterocycles. The number of nitrogens with two attached hydrogens (primary N) is 1. The van der Waals surface area contributed by atoms with Gasteiger partial charge in [0.05, 0.1) is 10.6 Å². The van der Waals surface area contributed by atoms with Crippen LogP contribution in [0.1, 0.15) is 38.5 Å². The Kier molecular flexibility index (Phi) is 4.42. The van der Waals surface area contributed by atoms with E-state index < -0.39 is 10.5 Å². The van der Waals surface area contributed by atoms with Crippen LogP contribution in [0.15, 0.2) is 18.2 Å². The third-order valence-corrected chi connectivity index (χ3v) is 3.83. The van der Waals surface area contributed by atoms with Crippen molar-refractivity contribution < 1.29 is 14.8 Å². The molecule has 2 rings (SSSR count). The van der Waals surface area contributed by atoms with Crippen molar-refractivity contribution in [2.45, 2.75) is 44.1 Å². The van der Waals surface area contributed by atoms with Crippen LogP contribution in [0, 0.1) is 10.1 Å². The summed E-state index contributed by atoms with van der Waals surface area (Å²) in [6.07, 6.45) is 4.88. The van der Waals surface area contributed by atoms with Gasteiger partial charge in [-0.1, -0.05) is 19.3 Å². The first-order valence-corrected chi connectivity index (χ1v) is 6.96. The van der Waals surface area contributed by atoms with Crippen molar-refractivity contribution in [1.29, 1.82) is 0 Å². The Labute approximate surface area is 122 Å². The Morgan fingerprint density at radius 2 is 2.05 bits per heavy atom. The van der Waals surface area contributed by atoms with Crippen LogP contribution in [-0.4, -0.2) is 21.5 Å². The Hall–Kier alpha value is -2.15. The molecule has 114 valence electrons. The Morgan fingerprint density at radius 3 is 2.67 bits per heavy atom. The number of nitrogens with one attached hydrogen (secondary N) is 1. The Morgan fingerprint density at radius 1 is 1.38 bits per heavy atom. The van der Waals surface area contributed by atoms with Crippen LogP contribution >= 0.6 is 0 Å². The normalized spacial score (nSPS) is 17.2. The molecule has 7 nitrogen and oxygen atoms in total. The average Bonchev–Trinajstić information content (AvgIpc) is 2.41. The minimum Gasteiger partial charge on any atom is -0.506 e. The number of nitrogens with zero attached hydrogens (tertiary/aromatic N) is 1. The quantitative estimate of drug-likeness (QED) is 0.447. The van der Waals surface area contributed by atoms with Crippen LogP contribution in [0.5, 0.6) is 5.75 Å². The number of anilines is 1. The zero-order chi connectivity index (χ0) is 15.5. The molecule has 0 bridgehead atoms. The van der Waals surface area contributed by atoms with Crippen molar-refractivity contribution in [2.75, 3.05) is 5.32 Å². The fraction of sp³-hybridized carbons (Fsp3) is 0.500. The summed E-state index contributed by atoms with van der Waals surface area (Å²) in [4.78, 5) is 22.2. The van der Waals surface area contributed by atoms with Crippen LogP contribution in [0.25, 0.3) is 0 Å². The van der Waals surface area contributed by atoms with Crippen LogP contribution in [0.4, 0.5) is 11.4 Å². The zero-order valence-corrected chi connectivity index (χ0v) is 11.7. The summed E-state index contributed by atoms with van der Waals surface area (Å²) in [5.74, 6) is -0.543. The number of amides is 1. The maximum absolute atomic E-state index is 12.0. The van der Waals surface area contributed by atoms with Crippen LogP contribution in [0.3, 0.4) is 0 Å². The number of hydrogen-bond acceptors (Lipinski definition) is 5. The van der Waals surface area contributed by atoms with E-state index in [-0.39, 0.29) is 29.5 Å². The number of nitro groups is 1. The number of hydrogen-bond donors (Lipinski definition) is 3. The number of benzene rings is 1. The van der Waals surface area contributed by atoms with Gasteiger partial charge in [-0.25, -0.2) is 0 Å². The maximum atomic E-state index is 12.0. The number of carbonyl (C=O) groups is 1. The van der Waals surface area contributed by atoms with Crippen molar-refractivity contribution in [2.24, 2.45) is 5.73 Å². The van der Waals surface area contributed by atoms with Crippen LogP contribution in [0.2, 0.25) is 0 Å². The van der Waals surface area contributed by atoms with E-state index >= 15 is 0 Å². The minimum atomic E-state index is -0.583. The minimum absolute atomic E-state index is 0.0357. The van der Waals surface area contributed by atoms with Gasteiger partial charge in [-0.15, -0.1) is 0 Å². The highest BCUT2D eigenvalue weighted by Crippen LogP contribution is 2.31. The van der Waals surface area contributed by atoms with Gasteiger partial charge in [0.25, 0.3) is 5.69 Å². The molecule has 1 fully saturated rings. The van der Waals surface area contributed by atoms with E-state index in [0.717, 1.165) is 38.2 Å². The van der Waals surface area contributed by atoms with Gasteiger partial charge in [-0.3, -0.25) is 14.9 Å². The molecule has 0 radical (unpaired) electrons. The van der Waals surface area contributed by atoms with Gasteiger partial charge in [0, 0.05) is 24.1 Å². The molecule has 1 amide bonds. The zero-order valence-electron chi connectivity index (χ0n) is 11.7. The van der Waals surface area contributed by atoms with Gasteiger partial charge in [0.1, 0.15) is 5.75 Å². The highest BCUT2D eigenvalue weighted by molar-refractivity contribution is 5.93. The maximum Gasteiger partial charge on any atom is 0.271 e. The third kappa shape index (κ3) is 3.91. The van der Waals surface area contributed by atoms with Gasteiger partial charge in [0.2, 0.25) is 5.91 Å². The summed E-state index contributed by atoms with van der Waals surface area (Å²) in [5.41, 5.74) is 5.53. The molecule has 1 aliphatic carbocycles. The lowest BCUT2D eigenvalue weighted by atomic mass is 9.80. The van der Waals surface area contributed by atoms with E-state index in [1.165, 1.54) is 12.1 Å². The van der Waals surface area contributed by atoms with Gasteiger partial charge < -0.3 is 16.2 Å². The number of phenols is 1. The molecule has 1 aromatic rings. The number of aromatic hydroxyl groups is 1. The molecule has 1 aliphatic rings. The molecule has 0 unspecified atom stereocenters. The Balaban J connectivity index is 2.05. The number of nitro benzene ring substituents is 1. The summed E-state index contributed by atoms with van der Waals surface area (Å²) in [5, 5.41) is 22.9. The van der Waals surface area contributed by atoms with E-state index in [9.17, 15) is 20.0 Å². The monoisotopic (exact) mass is 293 g/mol. The second-order valence-electron chi connectivity index (χ2n) is 5.61. The Bertz CT molecular complexity index is 553. The molecule has 4 N–H and O–H groups in total. The number of carbonyl (C=O) groups excluding carboxylic acids is 1. The van der Waals surface area contributed by atoms with E-state index in [2.05, 4.69) is 5.32 Å². The van der Waals surface area contributed by atoms with Crippen molar-refractivity contribution in [3.05, 3.63) is 28.3 Å². The molecule has 21 heavy (non-hydrogen) atoms. The summed E-state index contributed by atoms with van der Waals surface area (Å²) in [6, 6.07) is 3.50. The SMILES string of the molecule is NC1(CC(=O)Nc2cc([N+](=O)[O-])ccc2O)CCCCC1. The molecule has 1 saturated carbocycles. The van der Waals surface area contributed by atoms with E-state index in [0.29, 0.717) is 0 Å². The molecular formula is C14H19N3O4. The number of non-ortho nitro benzene ring substituents is 1. The van der Waals surface area contributed by atoms with Crippen molar-refractivity contribution in [3.8, 4) is 5.75 Å². The fourth-order valence-corrected chi connectivity index (χ4v) is 2.68. The van der Waals surface area contributed by atoms with Gasteiger partial charge in [-0.2, -0.15) is 0 Å². The lowest BCUT2D eigenvalue weighted by Crippen LogP contribution is -2.44.